The van der Waals surface area contributed by atoms with Crippen molar-refractivity contribution in [1.29, 1.82) is 0 Å². The van der Waals surface area contributed by atoms with Gasteiger partial charge in [0.1, 0.15) is 0 Å². The minimum Gasteiger partial charge on any atom is -0.346 e. The first-order valence-corrected chi connectivity index (χ1v) is 9.31. The molecule has 0 unspecified atom stereocenters. The highest BCUT2D eigenvalue weighted by Gasteiger charge is 2.27. The number of thiophene rings is 1. The normalized spacial score (nSPS) is 13.0. The molecule has 26 heavy (non-hydrogen) atoms. The second-order valence-corrected chi connectivity index (χ2v) is 7.83. The van der Waals surface area contributed by atoms with Crippen LogP contribution in [0.25, 0.3) is 5.69 Å². The van der Waals surface area contributed by atoms with Crippen LogP contribution in [-0.4, -0.2) is 15.7 Å². The standard InChI is InChI=1S/C18H14ClF2N3OS/c19-16-7-5-11(26-16)9-22-18(25)17-12-2-1-3-15(12)24(23-17)10-4-6-13(20)14(21)8-10/h4-8H,1-3,9H2,(H,22,25). The van der Waals surface area contributed by atoms with Crippen LogP contribution in [0.2, 0.25) is 4.34 Å². The molecule has 0 saturated carbocycles. The molecule has 4 rings (SSSR count). The van der Waals surface area contributed by atoms with Crippen molar-refractivity contribution in [2.24, 2.45) is 0 Å². The van der Waals surface area contributed by atoms with E-state index < -0.39 is 11.6 Å². The number of rotatable bonds is 4. The zero-order valence-electron chi connectivity index (χ0n) is 13.6. The maximum Gasteiger partial charge on any atom is 0.272 e. The summed E-state index contributed by atoms with van der Waals surface area (Å²) in [5, 5.41) is 7.23. The summed E-state index contributed by atoms with van der Waals surface area (Å²) in [6.45, 7) is 0.364. The Bertz CT molecular complexity index is 998. The van der Waals surface area contributed by atoms with Crippen LogP contribution in [0, 0.1) is 11.6 Å². The van der Waals surface area contributed by atoms with E-state index in [0.717, 1.165) is 47.5 Å². The molecule has 0 bridgehead atoms. The molecule has 0 fully saturated rings. The van der Waals surface area contributed by atoms with Crippen LogP contribution in [0.1, 0.15) is 33.0 Å². The maximum atomic E-state index is 13.6. The zero-order chi connectivity index (χ0) is 18.3. The summed E-state index contributed by atoms with van der Waals surface area (Å²) >= 11 is 7.30. The first-order chi connectivity index (χ1) is 12.5. The van der Waals surface area contributed by atoms with Crippen LogP contribution in [-0.2, 0) is 19.4 Å². The number of benzene rings is 1. The van der Waals surface area contributed by atoms with E-state index in [-0.39, 0.29) is 5.91 Å². The number of carbonyl (C=O) groups excluding carboxylic acids is 1. The monoisotopic (exact) mass is 393 g/mol. The molecule has 2 aromatic heterocycles. The largest absolute Gasteiger partial charge is 0.346 e. The van der Waals surface area contributed by atoms with Gasteiger partial charge in [-0.25, -0.2) is 13.5 Å². The average Bonchev–Trinajstić information content (AvgIpc) is 3.31. The SMILES string of the molecule is O=C(NCc1ccc(Cl)s1)c1nn(-c2ccc(F)c(F)c2)c2c1CCC2. The van der Waals surface area contributed by atoms with Crippen LogP contribution in [0.4, 0.5) is 8.78 Å². The van der Waals surface area contributed by atoms with Crippen molar-refractivity contribution >= 4 is 28.8 Å². The number of halogens is 3. The van der Waals surface area contributed by atoms with E-state index in [2.05, 4.69) is 10.4 Å². The molecule has 1 amide bonds. The molecule has 8 heteroatoms. The minimum atomic E-state index is -0.940. The Labute approximate surface area is 157 Å². The van der Waals surface area contributed by atoms with Gasteiger partial charge in [0.05, 0.1) is 16.6 Å². The number of fused-ring (bicyclic) bond motifs is 1. The van der Waals surface area contributed by atoms with E-state index >= 15 is 0 Å². The molecule has 1 aromatic carbocycles. The van der Waals surface area contributed by atoms with Crippen molar-refractivity contribution in [2.45, 2.75) is 25.8 Å². The van der Waals surface area contributed by atoms with Gasteiger partial charge in [-0.3, -0.25) is 4.79 Å². The summed E-state index contributed by atoms with van der Waals surface area (Å²) in [5.74, 6) is -2.13. The summed E-state index contributed by atoms with van der Waals surface area (Å²) in [5.41, 5.74) is 2.49. The lowest BCUT2D eigenvalue weighted by molar-refractivity contribution is 0.0945. The maximum absolute atomic E-state index is 13.6. The van der Waals surface area contributed by atoms with Crippen LogP contribution in [0.3, 0.4) is 0 Å². The molecule has 1 aliphatic rings. The predicted octanol–water partition coefficient (Wildman–Crippen LogP) is 4.28. The molecular formula is C18H14ClF2N3OS. The quantitative estimate of drug-likeness (QED) is 0.719. The van der Waals surface area contributed by atoms with Gasteiger partial charge in [-0.05, 0) is 43.5 Å². The number of nitrogens with one attached hydrogen (secondary N) is 1. The third-order valence-corrected chi connectivity index (χ3v) is 5.58. The second-order valence-electron chi connectivity index (χ2n) is 6.03. The highest BCUT2D eigenvalue weighted by molar-refractivity contribution is 7.16. The zero-order valence-corrected chi connectivity index (χ0v) is 15.1. The topological polar surface area (TPSA) is 46.9 Å². The average molecular weight is 394 g/mol. The van der Waals surface area contributed by atoms with Crippen LogP contribution < -0.4 is 5.32 Å². The van der Waals surface area contributed by atoms with Gasteiger partial charge in [0.2, 0.25) is 0 Å². The summed E-state index contributed by atoms with van der Waals surface area (Å²) in [6.07, 6.45) is 2.39. The van der Waals surface area contributed by atoms with Crippen molar-refractivity contribution in [1.82, 2.24) is 15.1 Å². The Kier molecular flexibility index (Phi) is 4.50. The summed E-state index contributed by atoms with van der Waals surface area (Å²) in [7, 11) is 0. The molecule has 0 aliphatic heterocycles. The smallest absolute Gasteiger partial charge is 0.272 e. The number of amides is 1. The van der Waals surface area contributed by atoms with Gasteiger partial charge in [0.25, 0.3) is 5.91 Å². The molecule has 4 nitrogen and oxygen atoms in total. The highest BCUT2D eigenvalue weighted by Crippen LogP contribution is 2.28. The molecule has 0 atom stereocenters. The number of aromatic nitrogens is 2. The van der Waals surface area contributed by atoms with Gasteiger partial charge in [-0.1, -0.05) is 11.6 Å². The van der Waals surface area contributed by atoms with Crippen molar-refractivity contribution < 1.29 is 13.6 Å². The molecular weight excluding hydrogens is 380 g/mol. The third-order valence-electron chi connectivity index (χ3n) is 4.35. The second kappa shape index (κ2) is 6.81. The number of carbonyl (C=O) groups is 1. The Morgan fingerprint density at radius 2 is 2.08 bits per heavy atom. The summed E-state index contributed by atoms with van der Waals surface area (Å²) in [4.78, 5) is 13.5. The Balaban J connectivity index is 1.62. The van der Waals surface area contributed by atoms with Gasteiger partial charge in [0, 0.05) is 22.2 Å². The molecule has 0 saturated heterocycles. The van der Waals surface area contributed by atoms with Gasteiger partial charge in [0.15, 0.2) is 17.3 Å². The van der Waals surface area contributed by atoms with E-state index in [4.69, 9.17) is 11.6 Å². The van der Waals surface area contributed by atoms with Crippen LogP contribution in [0.5, 0.6) is 0 Å². The minimum absolute atomic E-state index is 0.283. The molecule has 134 valence electrons. The number of hydrogen-bond donors (Lipinski definition) is 1. The first kappa shape index (κ1) is 17.2. The van der Waals surface area contributed by atoms with Gasteiger partial charge < -0.3 is 5.32 Å². The fourth-order valence-corrected chi connectivity index (χ4v) is 4.18. The Morgan fingerprint density at radius 1 is 1.23 bits per heavy atom. The fraction of sp³-hybridized carbons (Fsp3) is 0.222. The van der Waals surface area contributed by atoms with Crippen molar-refractivity contribution in [3.8, 4) is 5.69 Å². The van der Waals surface area contributed by atoms with Gasteiger partial charge in [-0.2, -0.15) is 5.10 Å². The van der Waals surface area contributed by atoms with Gasteiger partial charge >= 0.3 is 0 Å². The van der Waals surface area contributed by atoms with Crippen molar-refractivity contribution in [3.63, 3.8) is 0 Å². The Hall–Kier alpha value is -2.25. The molecule has 1 aliphatic carbocycles. The fourth-order valence-electron chi connectivity index (χ4n) is 3.15. The van der Waals surface area contributed by atoms with E-state index in [1.165, 1.54) is 17.4 Å². The third kappa shape index (κ3) is 3.12. The molecule has 3 aromatic rings. The van der Waals surface area contributed by atoms with E-state index in [0.29, 0.717) is 22.3 Å². The lowest BCUT2D eigenvalue weighted by Gasteiger charge is -2.06. The van der Waals surface area contributed by atoms with E-state index in [9.17, 15) is 13.6 Å². The summed E-state index contributed by atoms with van der Waals surface area (Å²) in [6, 6.07) is 7.25. The van der Waals surface area contributed by atoms with Crippen LogP contribution >= 0.6 is 22.9 Å². The molecule has 2 heterocycles. The van der Waals surface area contributed by atoms with E-state index in [1.54, 1.807) is 10.7 Å². The number of hydrogen-bond acceptors (Lipinski definition) is 3. The lowest BCUT2D eigenvalue weighted by Crippen LogP contribution is -2.24. The lowest BCUT2D eigenvalue weighted by atomic mass is 10.2. The molecule has 1 N–H and O–H groups in total. The molecule has 0 radical (unpaired) electrons. The van der Waals surface area contributed by atoms with Crippen molar-refractivity contribution in [2.75, 3.05) is 0 Å². The highest BCUT2D eigenvalue weighted by atomic mass is 35.5. The number of nitrogens with zero attached hydrogens (tertiary/aromatic N) is 2. The molecule has 0 spiro atoms. The first-order valence-electron chi connectivity index (χ1n) is 8.11. The summed E-state index contributed by atoms with van der Waals surface area (Å²) < 4.78 is 29.0. The van der Waals surface area contributed by atoms with Gasteiger partial charge in [-0.15, -0.1) is 11.3 Å². The predicted molar refractivity (Wildman–Crippen MR) is 96.0 cm³/mol. The Morgan fingerprint density at radius 3 is 2.81 bits per heavy atom. The van der Waals surface area contributed by atoms with Crippen molar-refractivity contribution in [3.05, 3.63) is 68.1 Å². The van der Waals surface area contributed by atoms with E-state index in [1.807, 2.05) is 6.07 Å². The van der Waals surface area contributed by atoms with Crippen LogP contribution in [0.15, 0.2) is 30.3 Å².